The summed E-state index contributed by atoms with van der Waals surface area (Å²) in [7, 11) is 0. The van der Waals surface area contributed by atoms with Crippen LogP contribution >= 0.6 is 0 Å². The number of nitrogens with one attached hydrogen (secondary N) is 2. The molecule has 1 aromatic carbocycles. The van der Waals surface area contributed by atoms with E-state index in [1.807, 2.05) is 22.9 Å². The fourth-order valence-electron chi connectivity index (χ4n) is 5.89. The molecule has 1 aliphatic heterocycles. The standard InChI is InChI=1S/C32H36F3N7O/c1-21(43)12-27-13-30(24(18-37-27)4-3-9-32(33,34)35)40-26-7-10-41(11-8-26)20-25-5-6-31-29(22(25)2)14-28(15-36)42(31)19-23-16-38-39-17-23/h5-6,13-14,16-18,26H,3-4,7-12,19-20H2,1-2H3,(H,37,40)(H,38,39). The number of carbonyl (C=O) groups is 1. The number of benzene rings is 1. The van der Waals surface area contributed by atoms with Crippen LogP contribution in [0.1, 0.15) is 66.2 Å². The first kappa shape index (κ1) is 30.3. The van der Waals surface area contributed by atoms with Gasteiger partial charge in [0.15, 0.2) is 0 Å². The van der Waals surface area contributed by atoms with Crippen molar-refractivity contribution in [3.63, 3.8) is 0 Å². The lowest BCUT2D eigenvalue weighted by atomic mass is 10.00. The van der Waals surface area contributed by atoms with Crippen LogP contribution in [0, 0.1) is 18.3 Å². The molecular weight excluding hydrogens is 555 g/mol. The molecule has 3 aromatic heterocycles. The SMILES string of the molecule is CC(=O)Cc1cc(NC2CCN(Cc3ccc4c(cc(C#N)n4Cc4cn[nH]c4)c3C)CC2)c(CCCC(F)(F)F)cn1. The molecule has 1 aliphatic rings. The van der Waals surface area contributed by atoms with E-state index in [4.69, 9.17) is 0 Å². The van der Waals surface area contributed by atoms with E-state index in [0.717, 1.165) is 60.2 Å². The summed E-state index contributed by atoms with van der Waals surface area (Å²) in [5.74, 6) is -0.0107. The van der Waals surface area contributed by atoms with Gasteiger partial charge in [-0.1, -0.05) is 6.07 Å². The number of ketones is 1. The number of nitrogens with zero attached hydrogens (tertiary/aromatic N) is 5. The Hall–Kier alpha value is -4.17. The highest BCUT2D eigenvalue weighted by Crippen LogP contribution is 2.29. The highest BCUT2D eigenvalue weighted by molar-refractivity contribution is 5.86. The minimum Gasteiger partial charge on any atom is -0.382 e. The van der Waals surface area contributed by atoms with Gasteiger partial charge in [0.2, 0.25) is 0 Å². The Morgan fingerprint density at radius 3 is 2.63 bits per heavy atom. The van der Waals surface area contributed by atoms with Gasteiger partial charge in [0, 0.05) is 78.8 Å². The van der Waals surface area contributed by atoms with E-state index in [-0.39, 0.29) is 31.1 Å². The molecule has 5 rings (SSSR count). The third-order valence-corrected chi connectivity index (χ3v) is 8.20. The molecule has 0 amide bonds. The zero-order valence-electron chi connectivity index (χ0n) is 24.5. The van der Waals surface area contributed by atoms with Crippen LogP contribution in [0.5, 0.6) is 0 Å². The monoisotopic (exact) mass is 591 g/mol. The first-order valence-corrected chi connectivity index (χ1v) is 14.6. The third-order valence-electron chi connectivity index (χ3n) is 8.20. The summed E-state index contributed by atoms with van der Waals surface area (Å²) in [4.78, 5) is 18.4. The number of piperidine rings is 1. The second-order valence-electron chi connectivity index (χ2n) is 11.5. The summed E-state index contributed by atoms with van der Waals surface area (Å²) in [6.45, 7) is 6.71. The van der Waals surface area contributed by atoms with E-state index < -0.39 is 12.6 Å². The molecule has 0 bridgehead atoms. The fourth-order valence-corrected chi connectivity index (χ4v) is 5.89. The Morgan fingerprint density at radius 1 is 1.16 bits per heavy atom. The molecular formula is C32H36F3N7O. The van der Waals surface area contributed by atoms with Crippen molar-refractivity contribution in [2.24, 2.45) is 0 Å². The molecule has 4 heterocycles. The second kappa shape index (κ2) is 13.0. The van der Waals surface area contributed by atoms with Crippen molar-refractivity contribution in [3.05, 3.63) is 76.5 Å². The molecule has 0 unspecified atom stereocenters. The number of aromatic amines is 1. The van der Waals surface area contributed by atoms with E-state index in [2.05, 4.69) is 50.5 Å². The number of aryl methyl sites for hydroxylation is 2. The molecule has 4 aromatic rings. The Bertz CT molecular complexity index is 1610. The van der Waals surface area contributed by atoms with Crippen LogP contribution in [0.4, 0.5) is 18.9 Å². The van der Waals surface area contributed by atoms with Gasteiger partial charge in [0.25, 0.3) is 0 Å². The molecule has 0 aliphatic carbocycles. The molecule has 2 N–H and O–H groups in total. The quantitative estimate of drug-likeness (QED) is 0.219. The average molecular weight is 592 g/mol. The van der Waals surface area contributed by atoms with Crippen LogP contribution in [-0.2, 0) is 30.7 Å². The summed E-state index contributed by atoms with van der Waals surface area (Å²) < 4.78 is 40.3. The number of rotatable bonds is 11. The van der Waals surface area contributed by atoms with Crippen LogP contribution in [0.3, 0.4) is 0 Å². The number of pyridine rings is 1. The minimum atomic E-state index is -4.19. The number of Topliss-reactive ketones (excluding diaryl/α,β-unsaturated/α-hetero) is 1. The highest BCUT2D eigenvalue weighted by Gasteiger charge is 2.27. The van der Waals surface area contributed by atoms with Crippen molar-refractivity contribution in [3.8, 4) is 6.07 Å². The zero-order chi connectivity index (χ0) is 30.6. The first-order chi connectivity index (χ1) is 20.6. The van der Waals surface area contributed by atoms with Crippen molar-refractivity contribution >= 4 is 22.4 Å². The smallest absolute Gasteiger partial charge is 0.382 e. The van der Waals surface area contributed by atoms with Gasteiger partial charge in [-0.25, -0.2) is 0 Å². The molecule has 0 atom stereocenters. The number of fused-ring (bicyclic) bond motifs is 1. The number of likely N-dealkylation sites (tertiary alicyclic amines) is 1. The van der Waals surface area contributed by atoms with E-state index in [0.29, 0.717) is 17.9 Å². The van der Waals surface area contributed by atoms with Crippen LogP contribution in [0.15, 0.2) is 42.9 Å². The molecule has 1 saturated heterocycles. The number of aromatic nitrogens is 4. The predicted molar refractivity (Wildman–Crippen MR) is 159 cm³/mol. The molecule has 0 spiro atoms. The van der Waals surface area contributed by atoms with Crippen molar-refractivity contribution in [2.45, 2.75) is 77.7 Å². The van der Waals surface area contributed by atoms with E-state index in [9.17, 15) is 23.2 Å². The van der Waals surface area contributed by atoms with Crippen LogP contribution in [0.2, 0.25) is 0 Å². The average Bonchev–Trinajstić information content (AvgIpc) is 3.60. The highest BCUT2D eigenvalue weighted by atomic mass is 19.4. The Balaban J connectivity index is 1.24. The predicted octanol–water partition coefficient (Wildman–Crippen LogP) is 6.08. The Kier molecular flexibility index (Phi) is 9.16. The number of hydrogen-bond donors (Lipinski definition) is 2. The molecule has 0 radical (unpaired) electrons. The largest absolute Gasteiger partial charge is 0.389 e. The van der Waals surface area contributed by atoms with E-state index in [1.54, 1.807) is 12.4 Å². The number of anilines is 1. The maximum Gasteiger partial charge on any atom is 0.389 e. The number of H-pyrrole nitrogens is 1. The normalized spacial score (nSPS) is 14.7. The summed E-state index contributed by atoms with van der Waals surface area (Å²) >= 11 is 0. The third kappa shape index (κ3) is 7.62. The minimum absolute atomic E-state index is 0.00335. The molecule has 11 heteroatoms. The van der Waals surface area contributed by atoms with Gasteiger partial charge in [-0.15, -0.1) is 0 Å². The van der Waals surface area contributed by atoms with Gasteiger partial charge in [0.05, 0.1) is 12.7 Å². The number of nitriles is 1. The van der Waals surface area contributed by atoms with Crippen molar-refractivity contribution in [1.29, 1.82) is 5.26 Å². The fraction of sp³-hybridized carbons (Fsp3) is 0.438. The molecule has 1 fully saturated rings. The molecule has 0 saturated carbocycles. The van der Waals surface area contributed by atoms with E-state index >= 15 is 0 Å². The second-order valence-corrected chi connectivity index (χ2v) is 11.5. The van der Waals surface area contributed by atoms with Gasteiger partial charge in [-0.3, -0.25) is 19.8 Å². The lowest BCUT2D eigenvalue weighted by Gasteiger charge is -2.33. The summed E-state index contributed by atoms with van der Waals surface area (Å²) in [6, 6.07) is 10.5. The van der Waals surface area contributed by atoms with Crippen LogP contribution < -0.4 is 5.32 Å². The van der Waals surface area contributed by atoms with Crippen molar-refractivity contribution in [1.82, 2.24) is 24.6 Å². The van der Waals surface area contributed by atoms with E-state index in [1.165, 1.54) is 18.1 Å². The number of hydrogen-bond acceptors (Lipinski definition) is 6. The summed E-state index contributed by atoms with van der Waals surface area (Å²) in [5.41, 5.74) is 7.18. The molecule has 43 heavy (non-hydrogen) atoms. The lowest BCUT2D eigenvalue weighted by molar-refractivity contribution is -0.135. The number of alkyl halides is 3. The van der Waals surface area contributed by atoms with Gasteiger partial charge in [-0.2, -0.15) is 23.5 Å². The van der Waals surface area contributed by atoms with Crippen molar-refractivity contribution in [2.75, 3.05) is 18.4 Å². The zero-order valence-corrected chi connectivity index (χ0v) is 24.5. The van der Waals surface area contributed by atoms with Gasteiger partial charge < -0.3 is 9.88 Å². The number of halogens is 3. The van der Waals surface area contributed by atoms with Crippen LogP contribution in [-0.4, -0.2) is 55.7 Å². The van der Waals surface area contributed by atoms with Crippen molar-refractivity contribution < 1.29 is 18.0 Å². The van der Waals surface area contributed by atoms with Gasteiger partial charge in [0.1, 0.15) is 17.5 Å². The van der Waals surface area contributed by atoms with Gasteiger partial charge >= 0.3 is 6.18 Å². The van der Waals surface area contributed by atoms with Crippen LogP contribution in [0.25, 0.3) is 10.9 Å². The Morgan fingerprint density at radius 2 is 1.95 bits per heavy atom. The summed E-state index contributed by atoms with van der Waals surface area (Å²) in [5, 5.41) is 21.3. The summed E-state index contributed by atoms with van der Waals surface area (Å²) in [6.07, 6.45) is 2.42. The maximum atomic E-state index is 12.7. The topological polar surface area (TPSA) is 103 Å². The number of carbonyl (C=O) groups excluding carboxylic acids is 1. The molecule has 8 nitrogen and oxygen atoms in total. The lowest BCUT2D eigenvalue weighted by Crippen LogP contribution is -2.39. The maximum absolute atomic E-state index is 12.7. The van der Waals surface area contributed by atoms with Gasteiger partial charge in [-0.05, 0) is 74.4 Å². The molecule has 226 valence electrons. The first-order valence-electron chi connectivity index (χ1n) is 14.6. The Labute approximate surface area is 248 Å².